The Bertz CT molecular complexity index is 752. The van der Waals surface area contributed by atoms with Crippen molar-refractivity contribution in [2.24, 2.45) is 0 Å². The number of halogens is 1. The summed E-state index contributed by atoms with van der Waals surface area (Å²) in [6.07, 6.45) is 4.81. The lowest BCUT2D eigenvalue weighted by Crippen LogP contribution is -2.23. The molecule has 0 unspecified atom stereocenters. The number of thiophene rings is 1. The third kappa shape index (κ3) is 4.09. The van der Waals surface area contributed by atoms with Gasteiger partial charge in [0.05, 0.1) is 3.79 Å². The van der Waals surface area contributed by atoms with Gasteiger partial charge in [-0.25, -0.2) is 0 Å². The molecule has 118 valence electrons. The fraction of sp³-hybridized carbons (Fsp3) is 0.176. The molecule has 0 atom stereocenters. The normalized spacial score (nSPS) is 14.7. The van der Waals surface area contributed by atoms with Crippen molar-refractivity contribution in [1.82, 2.24) is 0 Å². The van der Waals surface area contributed by atoms with Gasteiger partial charge in [0.1, 0.15) is 0 Å². The highest BCUT2D eigenvalue weighted by Crippen LogP contribution is 2.24. The molecule has 0 radical (unpaired) electrons. The van der Waals surface area contributed by atoms with Gasteiger partial charge >= 0.3 is 0 Å². The first-order chi connectivity index (χ1) is 11.1. The van der Waals surface area contributed by atoms with E-state index in [2.05, 4.69) is 21.2 Å². The number of hydrogen-bond acceptors (Lipinski definition) is 3. The summed E-state index contributed by atoms with van der Waals surface area (Å²) in [6, 6.07) is 11.2. The Hall–Kier alpha value is -1.92. The Balaban J connectivity index is 1.60. The van der Waals surface area contributed by atoms with Gasteiger partial charge in [-0.1, -0.05) is 0 Å². The van der Waals surface area contributed by atoms with Crippen molar-refractivity contribution in [3.05, 3.63) is 51.1 Å². The third-order valence-corrected chi connectivity index (χ3v) is 5.10. The van der Waals surface area contributed by atoms with Gasteiger partial charge in [0, 0.05) is 35.3 Å². The maximum atomic E-state index is 11.9. The first-order valence-electron chi connectivity index (χ1n) is 7.27. The summed E-state index contributed by atoms with van der Waals surface area (Å²) < 4.78 is 1.03. The Kier molecular flexibility index (Phi) is 4.93. The number of nitrogens with one attached hydrogen (secondary N) is 1. The summed E-state index contributed by atoms with van der Waals surface area (Å²) in [4.78, 5) is 26.4. The van der Waals surface area contributed by atoms with E-state index < -0.39 is 0 Å². The Morgan fingerprint density at radius 1 is 1.22 bits per heavy atom. The number of nitrogens with zero attached hydrogens (tertiary/aromatic N) is 1. The maximum Gasteiger partial charge on any atom is 0.248 e. The standard InChI is InChI=1S/C17H15BrN2O2S/c18-15-9-7-14(23-15)8-10-16(21)19-12-3-5-13(6-4-12)20-11-1-2-17(20)22/h3-10H,1-2,11H2,(H,19,21)/b10-8+. The van der Waals surface area contributed by atoms with Crippen LogP contribution in [0.15, 0.2) is 46.3 Å². The van der Waals surface area contributed by atoms with Gasteiger partial charge in [0.15, 0.2) is 0 Å². The van der Waals surface area contributed by atoms with Crippen LogP contribution in [0.2, 0.25) is 0 Å². The third-order valence-electron chi connectivity index (χ3n) is 3.51. The predicted molar refractivity (Wildman–Crippen MR) is 97.7 cm³/mol. The first-order valence-corrected chi connectivity index (χ1v) is 8.87. The zero-order valence-electron chi connectivity index (χ0n) is 12.3. The summed E-state index contributed by atoms with van der Waals surface area (Å²) in [5, 5.41) is 2.81. The zero-order valence-corrected chi connectivity index (χ0v) is 14.7. The minimum atomic E-state index is -0.181. The average Bonchev–Trinajstić information content (AvgIpc) is 3.14. The molecule has 1 N–H and O–H groups in total. The molecular weight excluding hydrogens is 376 g/mol. The largest absolute Gasteiger partial charge is 0.323 e. The van der Waals surface area contributed by atoms with Crippen LogP contribution in [0.3, 0.4) is 0 Å². The lowest BCUT2D eigenvalue weighted by atomic mass is 10.2. The Labute approximate surface area is 146 Å². The van der Waals surface area contributed by atoms with Gasteiger partial charge in [-0.3, -0.25) is 9.59 Å². The molecule has 2 amide bonds. The molecule has 0 spiro atoms. The van der Waals surface area contributed by atoms with E-state index in [0.717, 1.165) is 27.3 Å². The number of carbonyl (C=O) groups is 2. The molecule has 1 saturated heterocycles. The van der Waals surface area contributed by atoms with Crippen molar-refractivity contribution in [3.8, 4) is 0 Å². The van der Waals surface area contributed by atoms with Crippen LogP contribution in [0.5, 0.6) is 0 Å². The summed E-state index contributed by atoms with van der Waals surface area (Å²) in [5.41, 5.74) is 1.59. The SMILES string of the molecule is O=C(/C=C/c1ccc(Br)s1)Nc1ccc(N2CCCC2=O)cc1. The van der Waals surface area contributed by atoms with Crippen LogP contribution in [-0.4, -0.2) is 18.4 Å². The fourth-order valence-electron chi connectivity index (χ4n) is 2.41. The molecule has 4 nitrogen and oxygen atoms in total. The van der Waals surface area contributed by atoms with Crippen molar-refractivity contribution < 1.29 is 9.59 Å². The summed E-state index contributed by atoms with van der Waals surface area (Å²) in [6.45, 7) is 0.768. The minimum absolute atomic E-state index is 0.159. The Morgan fingerprint density at radius 3 is 2.61 bits per heavy atom. The second-order valence-corrected chi connectivity index (χ2v) is 7.65. The maximum absolute atomic E-state index is 11.9. The highest BCUT2D eigenvalue weighted by Gasteiger charge is 2.21. The van der Waals surface area contributed by atoms with E-state index in [1.807, 2.05) is 36.4 Å². The van der Waals surface area contributed by atoms with Crippen LogP contribution in [0.4, 0.5) is 11.4 Å². The van der Waals surface area contributed by atoms with Gasteiger partial charge in [0.25, 0.3) is 0 Å². The lowest BCUT2D eigenvalue weighted by Gasteiger charge is -2.15. The summed E-state index contributed by atoms with van der Waals surface area (Å²) in [7, 11) is 0. The first kappa shape index (κ1) is 16.0. The molecule has 2 aromatic rings. The smallest absolute Gasteiger partial charge is 0.248 e. The van der Waals surface area contributed by atoms with Crippen LogP contribution < -0.4 is 10.2 Å². The molecule has 1 aromatic heterocycles. The number of rotatable bonds is 4. The van der Waals surface area contributed by atoms with Crippen LogP contribution in [0.25, 0.3) is 6.08 Å². The van der Waals surface area contributed by atoms with Crippen LogP contribution >= 0.6 is 27.3 Å². The van der Waals surface area contributed by atoms with Gasteiger partial charge in [-0.2, -0.15) is 0 Å². The summed E-state index contributed by atoms with van der Waals surface area (Å²) in [5.74, 6) is -0.0219. The van der Waals surface area contributed by atoms with Crippen LogP contribution in [0.1, 0.15) is 17.7 Å². The van der Waals surface area contributed by atoms with Gasteiger partial charge in [-0.15, -0.1) is 11.3 Å². The van der Waals surface area contributed by atoms with Crippen molar-refractivity contribution in [1.29, 1.82) is 0 Å². The van der Waals surface area contributed by atoms with Gasteiger partial charge in [-0.05, 0) is 64.8 Å². The molecule has 23 heavy (non-hydrogen) atoms. The number of anilines is 2. The van der Waals surface area contributed by atoms with Crippen LogP contribution in [-0.2, 0) is 9.59 Å². The number of amides is 2. The molecule has 1 fully saturated rings. The molecule has 2 heterocycles. The molecule has 1 aliphatic rings. The van der Waals surface area contributed by atoms with Crippen LogP contribution in [0, 0.1) is 0 Å². The van der Waals surface area contributed by atoms with E-state index in [-0.39, 0.29) is 11.8 Å². The highest BCUT2D eigenvalue weighted by molar-refractivity contribution is 9.11. The summed E-state index contributed by atoms with van der Waals surface area (Å²) >= 11 is 4.95. The molecule has 0 aliphatic carbocycles. The van der Waals surface area contributed by atoms with Crippen molar-refractivity contribution in [3.63, 3.8) is 0 Å². The number of benzene rings is 1. The second kappa shape index (κ2) is 7.10. The highest BCUT2D eigenvalue weighted by atomic mass is 79.9. The zero-order chi connectivity index (χ0) is 16.2. The van der Waals surface area contributed by atoms with Crippen molar-refractivity contribution in [2.45, 2.75) is 12.8 Å². The molecule has 6 heteroatoms. The number of hydrogen-bond donors (Lipinski definition) is 1. The lowest BCUT2D eigenvalue weighted by molar-refractivity contribution is -0.117. The van der Waals surface area contributed by atoms with E-state index >= 15 is 0 Å². The molecule has 1 aromatic carbocycles. The molecule has 0 bridgehead atoms. The molecule has 3 rings (SSSR count). The fourth-order valence-corrected chi connectivity index (χ4v) is 3.73. The van der Waals surface area contributed by atoms with Crippen molar-refractivity contribution >= 4 is 56.5 Å². The second-order valence-electron chi connectivity index (χ2n) is 5.16. The minimum Gasteiger partial charge on any atom is -0.323 e. The number of carbonyl (C=O) groups excluding carboxylic acids is 2. The molecule has 0 saturated carbocycles. The van der Waals surface area contributed by atoms with E-state index in [9.17, 15) is 9.59 Å². The predicted octanol–water partition coefficient (Wildman–Crippen LogP) is 4.29. The van der Waals surface area contributed by atoms with Gasteiger partial charge < -0.3 is 10.2 Å². The van der Waals surface area contributed by atoms with E-state index in [1.54, 1.807) is 22.3 Å². The topological polar surface area (TPSA) is 49.4 Å². The monoisotopic (exact) mass is 390 g/mol. The average molecular weight is 391 g/mol. The molecule has 1 aliphatic heterocycles. The molecular formula is C17H15BrN2O2S. The van der Waals surface area contributed by atoms with Gasteiger partial charge in [0.2, 0.25) is 11.8 Å². The quantitative estimate of drug-likeness (QED) is 0.791. The van der Waals surface area contributed by atoms with E-state index in [1.165, 1.54) is 6.08 Å². The van der Waals surface area contributed by atoms with Crippen molar-refractivity contribution in [2.75, 3.05) is 16.8 Å². The Morgan fingerprint density at radius 2 is 2.00 bits per heavy atom. The van der Waals surface area contributed by atoms with E-state index in [4.69, 9.17) is 0 Å². The van der Waals surface area contributed by atoms with E-state index in [0.29, 0.717) is 12.1 Å².